The predicted octanol–water partition coefficient (Wildman–Crippen LogP) is 3.83. The maximum absolute atomic E-state index is 13.3. The van der Waals surface area contributed by atoms with Gasteiger partial charge in [0, 0.05) is 18.4 Å². The number of hydrogen-bond donors (Lipinski definition) is 0. The van der Waals surface area contributed by atoms with E-state index in [1.807, 2.05) is 60.7 Å². The van der Waals surface area contributed by atoms with Crippen LogP contribution in [0.1, 0.15) is 33.6 Å². The molecule has 0 saturated heterocycles. The monoisotopic (exact) mass is 432 g/mol. The van der Waals surface area contributed by atoms with E-state index in [-0.39, 0.29) is 26.1 Å². The Morgan fingerprint density at radius 2 is 1.28 bits per heavy atom. The lowest BCUT2D eigenvalue weighted by molar-refractivity contribution is -0.173. The molecule has 32 heavy (non-hydrogen) atoms. The van der Waals surface area contributed by atoms with E-state index >= 15 is 0 Å². The second-order valence-corrected chi connectivity index (χ2v) is 8.09. The molecule has 1 aliphatic carbocycles. The van der Waals surface area contributed by atoms with Crippen molar-refractivity contribution in [3.63, 3.8) is 0 Å². The van der Waals surface area contributed by atoms with Crippen molar-refractivity contribution in [1.29, 1.82) is 0 Å². The van der Waals surface area contributed by atoms with Crippen LogP contribution in [0.3, 0.4) is 0 Å². The van der Waals surface area contributed by atoms with Gasteiger partial charge in [0.2, 0.25) is 0 Å². The SMILES string of the molecule is Cc1oc(=O)c(C)c2c1CC(C(=O)OCc1ccccc1)(C(=O)OCc1ccccc1)C2. The van der Waals surface area contributed by atoms with E-state index in [1.165, 1.54) is 0 Å². The first-order valence-electron chi connectivity index (χ1n) is 10.4. The fraction of sp³-hybridized carbons (Fsp3) is 0.269. The first-order chi connectivity index (χ1) is 15.4. The predicted molar refractivity (Wildman–Crippen MR) is 117 cm³/mol. The van der Waals surface area contributed by atoms with Gasteiger partial charge in [0.05, 0.1) is 0 Å². The number of hydrogen-bond acceptors (Lipinski definition) is 6. The molecule has 0 atom stereocenters. The van der Waals surface area contributed by atoms with Gasteiger partial charge in [-0.3, -0.25) is 9.59 Å². The first kappa shape index (κ1) is 21.6. The average Bonchev–Trinajstić information content (AvgIpc) is 3.24. The highest BCUT2D eigenvalue weighted by atomic mass is 16.6. The minimum atomic E-state index is -1.56. The number of rotatable bonds is 6. The van der Waals surface area contributed by atoms with Gasteiger partial charge in [0.1, 0.15) is 19.0 Å². The van der Waals surface area contributed by atoms with Crippen molar-refractivity contribution in [2.75, 3.05) is 0 Å². The van der Waals surface area contributed by atoms with E-state index in [9.17, 15) is 14.4 Å². The zero-order valence-electron chi connectivity index (χ0n) is 18.1. The fourth-order valence-electron chi connectivity index (χ4n) is 4.07. The van der Waals surface area contributed by atoms with Crippen LogP contribution in [0.25, 0.3) is 0 Å². The number of carbonyl (C=O) groups is 2. The maximum Gasteiger partial charge on any atom is 0.339 e. The standard InChI is InChI=1S/C26H24O6/c1-17-21-13-26(14-22(21)18(2)32-23(17)27,24(28)30-15-19-9-5-3-6-10-19)25(29)31-16-20-11-7-4-8-12-20/h3-12H,13-16H2,1-2H3. The molecule has 0 aliphatic heterocycles. The molecule has 0 spiro atoms. The third-order valence-electron chi connectivity index (χ3n) is 5.96. The number of ether oxygens (including phenoxy) is 2. The summed E-state index contributed by atoms with van der Waals surface area (Å²) in [6.07, 6.45) is 0.113. The van der Waals surface area contributed by atoms with Crippen LogP contribution in [0, 0.1) is 19.3 Å². The Labute approximate surface area is 185 Å². The molecule has 6 nitrogen and oxygen atoms in total. The van der Waals surface area contributed by atoms with Crippen LogP contribution < -0.4 is 5.63 Å². The zero-order chi connectivity index (χ0) is 22.7. The first-order valence-corrected chi connectivity index (χ1v) is 10.4. The molecule has 0 fully saturated rings. The Bertz CT molecular complexity index is 1140. The van der Waals surface area contributed by atoms with Crippen molar-refractivity contribution in [3.8, 4) is 0 Å². The highest BCUT2D eigenvalue weighted by Gasteiger charge is 2.54. The molecule has 1 aromatic heterocycles. The Balaban J connectivity index is 1.63. The smallest absolute Gasteiger partial charge is 0.339 e. The molecule has 3 aromatic rings. The second-order valence-electron chi connectivity index (χ2n) is 8.09. The highest BCUT2D eigenvalue weighted by Crippen LogP contribution is 2.41. The van der Waals surface area contributed by atoms with Crippen molar-refractivity contribution >= 4 is 11.9 Å². The average molecular weight is 432 g/mol. The summed E-state index contributed by atoms with van der Waals surface area (Å²) >= 11 is 0. The lowest BCUT2D eigenvalue weighted by atomic mass is 9.84. The molecule has 1 aliphatic rings. The highest BCUT2D eigenvalue weighted by molar-refractivity contribution is 6.01. The third-order valence-corrected chi connectivity index (χ3v) is 5.96. The summed E-state index contributed by atoms with van der Waals surface area (Å²) in [6, 6.07) is 18.5. The van der Waals surface area contributed by atoms with E-state index in [1.54, 1.807) is 13.8 Å². The summed E-state index contributed by atoms with van der Waals surface area (Å²) in [4.78, 5) is 38.8. The molecule has 0 amide bonds. The van der Waals surface area contributed by atoms with Crippen molar-refractivity contribution in [2.24, 2.45) is 5.41 Å². The topological polar surface area (TPSA) is 82.8 Å². The Kier molecular flexibility index (Phi) is 5.95. The molecular formula is C26H24O6. The summed E-state index contributed by atoms with van der Waals surface area (Å²) in [5.74, 6) is -0.923. The quantitative estimate of drug-likeness (QED) is 0.435. The normalized spacial score (nSPS) is 13.9. The van der Waals surface area contributed by atoms with Crippen molar-refractivity contribution in [3.05, 3.63) is 105 Å². The van der Waals surface area contributed by atoms with Gasteiger partial charge < -0.3 is 13.9 Å². The van der Waals surface area contributed by atoms with Gasteiger partial charge in [-0.05, 0) is 36.1 Å². The summed E-state index contributed by atoms with van der Waals surface area (Å²) in [5, 5.41) is 0. The molecule has 0 radical (unpaired) electrons. The Morgan fingerprint density at radius 1 is 0.812 bits per heavy atom. The van der Waals surface area contributed by atoms with E-state index in [0.29, 0.717) is 22.5 Å². The maximum atomic E-state index is 13.3. The van der Waals surface area contributed by atoms with Crippen LogP contribution >= 0.6 is 0 Å². The number of esters is 2. The van der Waals surface area contributed by atoms with Gasteiger partial charge in [0.25, 0.3) is 0 Å². The molecule has 6 heteroatoms. The second kappa shape index (κ2) is 8.83. The molecule has 0 bridgehead atoms. The van der Waals surface area contributed by atoms with Gasteiger partial charge >= 0.3 is 17.6 Å². The zero-order valence-corrected chi connectivity index (χ0v) is 18.1. The van der Waals surface area contributed by atoms with E-state index in [2.05, 4.69) is 0 Å². The fourth-order valence-corrected chi connectivity index (χ4v) is 4.07. The number of carbonyl (C=O) groups excluding carboxylic acids is 2. The van der Waals surface area contributed by atoms with E-state index < -0.39 is 23.0 Å². The summed E-state index contributed by atoms with van der Waals surface area (Å²) < 4.78 is 16.5. The van der Waals surface area contributed by atoms with Crippen LogP contribution in [-0.4, -0.2) is 11.9 Å². The molecule has 1 heterocycles. The van der Waals surface area contributed by atoms with E-state index in [0.717, 1.165) is 11.1 Å². The van der Waals surface area contributed by atoms with Crippen LogP contribution in [0.15, 0.2) is 69.9 Å². The molecule has 0 saturated carbocycles. The Morgan fingerprint density at radius 3 is 1.78 bits per heavy atom. The van der Waals surface area contributed by atoms with Crippen LogP contribution in [0.5, 0.6) is 0 Å². The third kappa shape index (κ3) is 4.08. The largest absolute Gasteiger partial charge is 0.460 e. The number of aryl methyl sites for hydroxylation is 1. The molecular weight excluding hydrogens is 408 g/mol. The van der Waals surface area contributed by atoms with Gasteiger partial charge in [-0.25, -0.2) is 4.79 Å². The van der Waals surface area contributed by atoms with Crippen molar-refractivity contribution < 1.29 is 23.5 Å². The van der Waals surface area contributed by atoms with Crippen molar-refractivity contribution in [2.45, 2.75) is 39.9 Å². The van der Waals surface area contributed by atoms with Crippen LogP contribution in [-0.2, 0) is 45.1 Å². The molecule has 2 aromatic carbocycles. The lowest BCUT2D eigenvalue weighted by Gasteiger charge is -2.25. The van der Waals surface area contributed by atoms with Crippen LogP contribution in [0.4, 0.5) is 0 Å². The number of benzene rings is 2. The molecule has 0 N–H and O–H groups in total. The van der Waals surface area contributed by atoms with Gasteiger partial charge in [-0.1, -0.05) is 60.7 Å². The molecule has 164 valence electrons. The minimum Gasteiger partial charge on any atom is -0.460 e. The summed E-state index contributed by atoms with van der Waals surface area (Å²) in [5.41, 5.74) is 1.35. The van der Waals surface area contributed by atoms with Crippen LogP contribution in [0.2, 0.25) is 0 Å². The van der Waals surface area contributed by atoms with Crippen molar-refractivity contribution in [1.82, 2.24) is 0 Å². The summed E-state index contributed by atoms with van der Waals surface area (Å²) in [6.45, 7) is 3.39. The van der Waals surface area contributed by atoms with Gasteiger partial charge in [-0.15, -0.1) is 0 Å². The number of fused-ring (bicyclic) bond motifs is 1. The van der Waals surface area contributed by atoms with Gasteiger partial charge in [-0.2, -0.15) is 0 Å². The van der Waals surface area contributed by atoms with E-state index in [4.69, 9.17) is 13.9 Å². The molecule has 4 rings (SSSR count). The molecule has 0 unspecified atom stereocenters. The summed E-state index contributed by atoms with van der Waals surface area (Å²) in [7, 11) is 0. The lowest BCUT2D eigenvalue weighted by Crippen LogP contribution is -2.43. The minimum absolute atomic E-state index is 0.0406. The Hall–Kier alpha value is -3.67. The van der Waals surface area contributed by atoms with Gasteiger partial charge in [0.15, 0.2) is 5.41 Å².